The second-order valence-corrected chi connectivity index (χ2v) is 4.58. The van der Waals surface area contributed by atoms with Crippen LogP contribution in [0.3, 0.4) is 0 Å². The minimum Gasteiger partial charge on any atom is -0.487 e. The molecule has 0 aliphatic carbocycles. The second-order valence-electron chi connectivity index (χ2n) is 4.58. The van der Waals surface area contributed by atoms with E-state index in [1.165, 1.54) is 6.07 Å². The molecular formula is C14H23N2O4+. The molecule has 6 heteroatoms. The van der Waals surface area contributed by atoms with Gasteiger partial charge in [0.1, 0.15) is 0 Å². The largest absolute Gasteiger partial charge is 0.487 e. The summed E-state index contributed by atoms with van der Waals surface area (Å²) < 4.78 is 5.46. The molecule has 1 rings (SSSR count). The van der Waals surface area contributed by atoms with Crippen LogP contribution in [0.4, 0.5) is 5.69 Å². The molecule has 20 heavy (non-hydrogen) atoms. The summed E-state index contributed by atoms with van der Waals surface area (Å²) >= 11 is 0. The molecular weight excluding hydrogens is 260 g/mol. The first-order valence-corrected chi connectivity index (χ1v) is 7.04. The van der Waals surface area contributed by atoms with Crippen LogP contribution in [0.25, 0.3) is 0 Å². The topological polar surface area (TPSA) is 89.2 Å². The van der Waals surface area contributed by atoms with Gasteiger partial charge in [0.25, 0.3) is 0 Å². The number of benzene rings is 1. The molecule has 3 N–H and O–H groups in total. The van der Waals surface area contributed by atoms with E-state index in [4.69, 9.17) is 9.84 Å². The minimum atomic E-state index is -0.424. The Kier molecular flexibility index (Phi) is 8.33. The summed E-state index contributed by atoms with van der Waals surface area (Å²) in [5.41, 5.74) is 0.0195. The summed E-state index contributed by atoms with van der Waals surface area (Å²) in [4.78, 5) is 10.4. The molecule has 1 aromatic rings. The van der Waals surface area contributed by atoms with Gasteiger partial charge in [0.05, 0.1) is 31.2 Å². The van der Waals surface area contributed by atoms with E-state index in [2.05, 4.69) is 5.32 Å². The number of aliphatic hydroxyl groups excluding tert-OH is 1. The molecule has 0 saturated heterocycles. The lowest BCUT2D eigenvalue weighted by Gasteiger charge is -2.06. The van der Waals surface area contributed by atoms with Crippen molar-refractivity contribution < 1.29 is 20.1 Å². The Morgan fingerprint density at radius 3 is 2.65 bits per heavy atom. The highest BCUT2D eigenvalue weighted by atomic mass is 16.6. The summed E-state index contributed by atoms with van der Waals surface area (Å²) in [6.45, 7) is 2.53. The van der Waals surface area contributed by atoms with Crippen molar-refractivity contribution >= 4 is 5.69 Å². The van der Waals surface area contributed by atoms with Crippen LogP contribution >= 0.6 is 0 Å². The molecule has 112 valence electrons. The lowest BCUT2D eigenvalue weighted by molar-refractivity contribution is -0.656. The van der Waals surface area contributed by atoms with Crippen molar-refractivity contribution in [1.82, 2.24) is 0 Å². The summed E-state index contributed by atoms with van der Waals surface area (Å²) in [7, 11) is 0. The highest BCUT2D eigenvalue weighted by Crippen LogP contribution is 2.25. The molecule has 0 atom stereocenters. The Morgan fingerprint density at radius 2 is 1.90 bits per heavy atom. The van der Waals surface area contributed by atoms with Gasteiger partial charge in [-0.15, -0.1) is 0 Å². The number of nitrogens with two attached hydrogens (primary N) is 1. The number of para-hydroxylation sites is 2. The van der Waals surface area contributed by atoms with E-state index in [1.54, 1.807) is 18.2 Å². The van der Waals surface area contributed by atoms with E-state index in [0.29, 0.717) is 12.4 Å². The first-order valence-electron chi connectivity index (χ1n) is 7.04. The molecule has 0 aliphatic rings. The van der Waals surface area contributed by atoms with Gasteiger partial charge >= 0.3 is 5.69 Å². The normalized spacial score (nSPS) is 10.4. The van der Waals surface area contributed by atoms with Crippen LogP contribution in [0, 0.1) is 10.1 Å². The predicted octanol–water partition coefficient (Wildman–Crippen LogP) is 1.09. The number of quaternary nitrogens is 1. The van der Waals surface area contributed by atoms with Crippen molar-refractivity contribution in [1.29, 1.82) is 0 Å². The Morgan fingerprint density at radius 1 is 1.15 bits per heavy atom. The van der Waals surface area contributed by atoms with Gasteiger partial charge in [-0.3, -0.25) is 10.1 Å². The zero-order chi connectivity index (χ0) is 14.6. The van der Waals surface area contributed by atoms with Gasteiger partial charge in [0, 0.05) is 6.07 Å². The van der Waals surface area contributed by atoms with Crippen molar-refractivity contribution in [3.05, 3.63) is 34.4 Å². The maximum atomic E-state index is 10.8. The summed E-state index contributed by atoms with van der Waals surface area (Å²) in [5.74, 6) is 0.341. The Labute approximate surface area is 118 Å². The van der Waals surface area contributed by atoms with Crippen molar-refractivity contribution in [2.45, 2.75) is 25.7 Å². The fraction of sp³-hybridized carbons (Fsp3) is 0.571. The third-order valence-corrected chi connectivity index (χ3v) is 2.96. The van der Waals surface area contributed by atoms with Crippen molar-refractivity contribution in [3.8, 4) is 5.75 Å². The zero-order valence-electron chi connectivity index (χ0n) is 11.7. The van der Waals surface area contributed by atoms with Gasteiger partial charge in [-0.25, -0.2) is 0 Å². The van der Waals surface area contributed by atoms with Gasteiger partial charge in [-0.05, 0) is 31.7 Å². The second kappa shape index (κ2) is 10.2. The van der Waals surface area contributed by atoms with Crippen LogP contribution in [-0.4, -0.2) is 36.3 Å². The van der Waals surface area contributed by atoms with Gasteiger partial charge in [-0.2, -0.15) is 0 Å². The predicted molar refractivity (Wildman–Crippen MR) is 75.8 cm³/mol. The smallest absolute Gasteiger partial charge is 0.310 e. The molecule has 0 fully saturated rings. The monoisotopic (exact) mass is 283 g/mol. The number of nitrogens with zero attached hydrogens (tertiary/aromatic N) is 1. The van der Waals surface area contributed by atoms with E-state index < -0.39 is 4.92 Å². The van der Waals surface area contributed by atoms with Gasteiger partial charge in [0.2, 0.25) is 0 Å². The van der Waals surface area contributed by atoms with Crippen molar-refractivity contribution in [2.75, 3.05) is 26.3 Å². The van der Waals surface area contributed by atoms with Gasteiger partial charge in [-0.1, -0.05) is 12.1 Å². The molecule has 0 amide bonds. The fourth-order valence-electron chi connectivity index (χ4n) is 1.89. The number of unbranched alkanes of at least 4 members (excludes halogenated alkanes) is 3. The number of ether oxygens (including phenoxy) is 1. The zero-order valence-corrected chi connectivity index (χ0v) is 11.7. The van der Waals surface area contributed by atoms with Crippen LogP contribution in [-0.2, 0) is 0 Å². The van der Waals surface area contributed by atoms with E-state index in [0.717, 1.165) is 38.8 Å². The number of hydrogen-bond donors (Lipinski definition) is 2. The fourth-order valence-corrected chi connectivity index (χ4v) is 1.89. The third kappa shape index (κ3) is 6.49. The Bertz CT molecular complexity index is 399. The minimum absolute atomic E-state index is 0.0195. The maximum Gasteiger partial charge on any atom is 0.310 e. The number of nitro groups is 1. The maximum absolute atomic E-state index is 10.8. The number of aliphatic hydroxyl groups is 1. The van der Waals surface area contributed by atoms with E-state index >= 15 is 0 Å². The lowest BCUT2D eigenvalue weighted by Crippen LogP contribution is -2.85. The summed E-state index contributed by atoms with van der Waals surface area (Å²) in [5, 5.41) is 21.5. The quantitative estimate of drug-likeness (QED) is 0.361. The molecule has 0 heterocycles. The third-order valence-electron chi connectivity index (χ3n) is 2.96. The average molecular weight is 283 g/mol. The molecule has 0 aliphatic heterocycles. The molecule has 0 aromatic heterocycles. The van der Waals surface area contributed by atoms with Crippen molar-refractivity contribution in [3.63, 3.8) is 0 Å². The Balaban J connectivity index is 2.11. The van der Waals surface area contributed by atoms with Crippen molar-refractivity contribution in [2.24, 2.45) is 0 Å². The van der Waals surface area contributed by atoms with E-state index in [1.807, 2.05) is 0 Å². The SMILES string of the molecule is O=[N+]([O-])c1ccccc1OCCCCCC[NH2+]CCO. The molecule has 0 radical (unpaired) electrons. The Hall–Kier alpha value is -1.66. The van der Waals surface area contributed by atoms with Crippen LogP contribution in [0.2, 0.25) is 0 Å². The summed E-state index contributed by atoms with van der Waals surface area (Å²) in [6, 6.07) is 6.45. The highest BCUT2D eigenvalue weighted by molar-refractivity contribution is 5.45. The average Bonchev–Trinajstić information content (AvgIpc) is 2.46. The summed E-state index contributed by atoms with van der Waals surface area (Å²) in [6.07, 6.45) is 4.17. The lowest BCUT2D eigenvalue weighted by atomic mass is 10.2. The first kappa shape index (κ1) is 16.4. The first-order chi connectivity index (χ1) is 9.75. The van der Waals surface area contributed by atoms with Crippen LogP contribution in [0.5, 0.6) is 5.75 Å². The molecule has 0 bridgehead atoms. The van der Waals surface area contributed by atoms with E-state index in [-0.39, 0.29) is 12.3 Å². The van der Waals surface area contributed by atoms with Gasteiger partial charge < -0.3 is 15.2 Å². The molecule has 0 unspecified atom stereocenters. The van der Waals surface area contributed by atoms with Crippen LogP contribution in [0.15, 0.2) is 24.3 Å². The standard InChI is InChI=1S/C14H22N2O4/c17-11-10-15-9-5-1-2-6-12-20-14-8-4-3-7-13(14)16(18)19/h3-4,7-8,15,17H,1-2,5-6,9-12H2/p+1. The number of hydrogen-bond acceptors (Lipinski definition) is 4. The molecule has 6 nitrogen and oxygen atoms in total. The number of nitro benzene ring substituents is 1. The number of rotatable bonds is 11. The molecule has 1 aromatic carbocycles. The van der Waals surface area contributed by atoms with Crippen LogP contribution < -0.4 is 10.1 Å². The molecule has 0 saturated carbocycles. The van der Waals surface area contributed by atoms with Gasteiger partial charge in [0.15, 0.2) is 5.75 Å². The highest BCUT2D eigenvalue weighted by Gasteiger charge is 2.12. The molecule has 0 spiro atoms. The van der Waals surface area contributed by atoms with E-state index in [9.17, 15) is 10.1 Å². The van der Waals surface area contributed by atoms with Crippen LogP contribution in [0.1, 0.15) is 25.7 Å².